The van der Waals surface area contributed by atoms with E-state index in [1.54, 1.807) is 0 Å². The smallest absolute Gasteiger partial charge is 0.291 e. The molecule has 2 amide bonds. The van der Waals surface area contributed by atoms with Crippen molar-refractivity contribution in [3.63, 3.8) is 0 Å². The van der Waals surface area contributed by atoms with Crippen LogP contribution < -0.4 is 10.6 Å². The van der Waals surface area contributed by atoms with E-state index >= 15 is 0 Å². The molecule has 0 spiro atoms. The number of carbonyl (C=O) groups excluding carboxylic acids is 2. The van der Waals surface area contributed by atoms with Gasteiger partial charge in [0.25, 0.3) is 18.0 Å². The molecule has 0 aromatic heterocycles. The molecule has 2 aliphatic rings. The van der Waals surface area contributed by atoms with E-state index in [1.807, 2.05) is 6.92 Å². The number of amides is 2. The highest BCUT2D eigenvalue weighted by Crippen LogP contribution is 2.11. The highest BCUT2D eigenvalue weighted by atomic mass is 19.1. The molecule has 0 aliphatic carbocycles. The molecule has 1 saturated heterocycles. The van der Waals surface area contributed by atoms with Gasteiger partial charge in [0.2, 0.25) is 0 Å². The molecule has 2 unspecified atom stereocenters. The van der Waals surface area contributed by atoms with Gasteiger partial charge < -0.3 is 10.6 Å². The topological polar surface area (TPSA) is 73.8 Å². The number of hydrogen-bond acceptors (Lipinski definition) is 4. The maximum Gasteiger partial charge on any atom is 0.291 e. The first-order valence-electron chi connectivity index (χ1n) is 6.15. The van der Waals surface area contributed by atoms with Gasteiger partial charge in [0.15, 0.2) is 0 Å². The lowest BCUT2D eigenvalue weighted by Crippen LogP contribution is -2.57. The van der Waals surface area contributed by atoms with Crippen molar-refractivity contribution in [3.05, 3.63) is 0 Å². The highest BCUT2D eigenvalue weighted by Gasteiger charge is 2.35. The molecule has 2 N–H and O–H groups in total. The van der Waals surface area contributed by atoms with Crippen LogP contribution in [0.15, 0.2) is 4.99 Å². The Morgan fingerprint density at radius 1 is 1.44 bits per heavy atom. The molecule has 7 heteroatoms. The van der Waals surface area contributed by atoms with Gasteiger partial charge >= 0.3 is 0 Å². The van der Waals surface area contributed by atoms with Crippen molar-refractivity contribution in [1.29, 1.82) is 0 Å². The second kappa shape index (κ2) is 5.53. The lowest BCUT2D eigenvalue weighted by Gasteiger charge is -2.35. The zero-order chi connectivity index (χ0) is 13.1. The average molecular weight is 256 g/mol. The summed E-state index contributed by atoms with van der Waals surface area (Å²) >= 11 is 0. The van der Waals surface area contributed by atoms with Gasteiger partial charge in [0, 0.05) is 26.2 Å². The summed E-state index contributed by atoms with van der Waals surface area (Å²) in [4.78, 5) is 28.4. The molecule has 2 aliphatic heterocycles. The van der Waals surface area contributed by atoms with E-state index in [0.29, 0.717) is 6.42 Å². The first kappa shape index (κ1) is 13.1. The molecule has 2 heterocycles. The van der Waals surface area contributed by atoms with Crippen LogP contribution >= 0.6 is 0 Å². The Hall–Kier alpha value is -1.34. The van der Waals surface area contributed by atoms with E-state index in [9.17, 15) is 14.0 Å². The molecular weight excluding hydrogens is 239 g/mol. The monoisotopic (exact) mass is 256 g/mol. The van der Waals surface area contributed by atoms with Crippen LogP contribution in [0, 0.1) is 0 Å². The summed E-state index contributed by atoms with van der Waals surface area (Å²) in [6.45, 7) is 5.31. The molecular formula is C11H17FN4O2. The van der Waals surface area contributed by atoms with Gasteiger partial charge in [-0.1, -0.05) is 6.92 Å². The fourth-order valence-electron chi connectivity index (χ4n) is 2.28. The molecule has 0 aromatic rings. The predicted molar refractivity (Wildman–Crippen MR) is 64.0 cm³/mol. The summed E-state index contributed by atoms with van der Waals surface area (Å²) in [5, 5.41) is 5.62. The fourth-order valence-corrected chi connectivity index (χ4v) is 2.28. The number of alkyl halides is 1. The molecule has 18 heavy (non-hydrogen) atoms. The SMILES string of the molecule is CCC(C1=NC(=O)C(F)C(=O)N1)N1CCNCC1. The largest absolute Gasteiger partial charge is 0.314 e. The van der Waals surface area contributed by atoms with Crippen LogP contribution in [0.1, 0.15) is 13.3 Å². The average Bonchev–Trinajstić information content (AvgIpc) is 2.38. The lowest BCUT2D eigenvalue weighted by atomic mass is 10.1. The van der Waals surface area contributed by atoms with Gasteiger partial charge in [0.05, 0.1) is 6.04 Å². The third-order valence-corrected chi connectivity index (χ3v) is 3.22. The zero-order valence-corrected chi connectivity index (χ0v) is 10.3. The van der Waals surface area contributed by atoms with Crippen LogP contribution in [0.4, 0.5) is 4.39 Å². The highest BCUT2D eigenvalue weighted by molar-refractivity contribution is 6.18. The van der Waals surface area contributed by atoms with Crippen molar-refractivity contribution < 1.29 is 14.0 Å². The number of hydrogen-bond donors (Lipinski definition) is 2. The van der Waals surface area contributed by atoms with E-state index in [1.165, 1.54) is 0 Å². The standard InChI is InChI=1S/C11H17FN4O2/c1-2-7(16-5-3-13-4-6-16)9-14-10(17)8(12)11(18)15-9/h7-8,13H,2-6H2,1H3,(H,14,15,17,18). The molecule has 100 valence electrons. The summed E-state index contributed by atoms with van der Waals surface area (Å²) in [6, 6.07) is -0.132. The van der Waals surface area contributed by atoms with Gasteiger partial charge in [-0.2, -0.15) is 4.99 Å². The number of nitrogens with zero attached hydrogens (tertiary/aromatic N) is 2. The summed E-state index contributed by atoms with van der Waals surface area (Å²) in [7, 11) is 0. The third kappa shape index (κ3) is 2.56. The number of aliphatic imine (C=N–C) groups is 1. The second-order valence-electron chi connectivity index (χ2n) is 4.40. The summed E-state index contributed by atoms with van der Waals surface area (Å²) < 4.78 is 13.1. The first-order chi connectivity index (χ1) is 8.63. The van der Waals surface area contributed by atoms with Gasteiger partial charge in [-0.3, -0.25) is 14.5 Å². The van der Waals surface area contributed by atoms with Gasteiger partial charge in [0.1, 0.15) is 5.84 Å². The predicted octanol–water partition coefficient (Wildman–Crippen LogP) is -0.937. The molecule has 0 aromatic carbocycles. The number of carbonyl (C=O) groups is 2. The molecule has 6 nitrogen and oxygen atoms in total. The van der Waals surface area contributed by atoms with Crippen molar-refractivity contribution in [2.24, 2.45) is 4.99 Å². The Balaban J connectivity index is 2.14. The van der Waals surface area contributed by atoms with Gasteiger partial charge in [-0.05, 0) is 6.42 Å². The Labute approximate surface area is 105 Å². The van der Waals surface area contributed by atoms with E-state index < -0.39 is 18.0 Å². The van der Waals surface area contributed by atoms with E-state index in [0.717, 1.165) is 26.2 Å². The quantitative estimate of drug-likeness (QED) is 0.639. The Morgan fingerprint density at radius 2 is 2.11 bits per heavy atom. The fraction of sp³-hybridized carbons (Fsp3) is 0.727. The number of amidine groups is 1. The van der Waals surface area contributed by atoms with Crippen molar-refractivity contribution >= 4 is 17.6 Å². The Morgan fingerprint density at radius 3 is 2.67 bits per heavy atom. The van der Waals surface area contributed by atoms with Gasteiger partial charge in [-0.25, -0.2) is 4.39 Å². The molecule has 0 saturated carbocycles. The minimum Gasteiger partial charge on any atom is -0.314 e. The van der Waals surface area contributed by atoms with Crippen LogP contribution in [0.25, 0.3) is 0 Å². The van der Waals surface area contributed by atoms with Crippen LogP contribution in [0.3, 0.4) is 0 Å². The summed E-state index contributed by atoms with van der Waals surface area (Å²) in [5.41, 5.74) is 0. The maximum atomic E-state index is 13.1. The number of rotatable bonds is 3. The Bertz CT molecular complexity index is 379. The minimum absolute atomic E-state index is 0.132. The van der Waals surface area contributed by atoms with Crippen molar-refractivity contribution in [2.75, 3.05) is 26.2 Å². The van der Waals surface area contributed by atoms with E-state index in [2.05, 4.69) is 20.5 Å². The van der Waals surface area contributed by atoms with Crippen molar-refractivity contribution in [3.8, 4) is 0 Å². The second-order valence-corrected chi connectivity index (χ2v) is 4.40. The number of nitrogens with one attached hydrogen (secondary N) is 2. The normalized spacial score (nSPS) is 27.7. The molecule has 0 radical (unpaired) electrons. The summed E-state index contributed by atoms with van der Waals surface area (Å²) in [6.07, 6.45) is -1.45. The molecule has 0 bridgehead atoms. The minimum atomic E-state index is -2.16. The molecule has 1 fully saturated rings. The molecule has 2 atom stereocenters. The molecule has 2 rings (SSSR count). The first-order valence-corrected chi connectivity index (χ1v) is 6.15. The lowest BCUT2D eigenvalue weighted by molar-refractivity contribution is -0.134. The van der Waals surface area contributed by atoms with Gasteiger partial charge in [-0.15, -0.1) is 0 Å². The number of piperazine rings is 1. The number of halogens is 1. The van der Waals surface area contributed by atoms with E-state index in [-0.39, 0.29) is 11.9 Å². The van der Waals surface area contributed by atoms with Crippen molar-refractivity contribution in [2.45, 2.75) is 25.6 Å². The van der Waals surface area contributed by atoms with Crippen LogP contribution in [-0.4, -0.2) is 60.9 Å². The van der Waals surface area contributed by atoms with Crippen LogP contribution in [0.2, 0.25) is 0 Å². The summed E-state index contributed by atoms with van der Waals surface area (Å²) in [5.74, 6) is -1.62. The third-order valence-electron chi connectivity index (χ3n) is 3.22. The maximum absolute atomic E-state index is 13.1. The van der Waals surface area contributed by atoms with Crippen LogP contribution in [-0.2, 0) is 9.59 Å². The van der Waals surface area contributed by atoms with Crippen molar-refractivity contribution in [1.82, 2.24) is 15.5 Å². The van der Waals surface area contributed by atoms with Crippen LogP contribution in [0.5, 0.6) is 0 Å². The Kier molecular flexibility index (Phi) is 4.03. The zero-order valence-electron chi connectivity index (χ0n) is 10.3. The van der Waals surface area contributed by atoms with E-state index in [4.69, 9.17) is 0 Å².